The molecule has 1 aromatic heterocycles. The number of carbonyl (C=O) groups excluding carboxylic acids is 2. The number of carbonyl (C=O) groups is 2. The van der Waals surface area contributed by atoms with Crippen LogP contribution in [0, 0.1) is 0 Å². The molecule has 2 aliphatic heterocycles. The third-order valence-corrected chi connectivity index (χ3v) is 6.91. The lowest BCUT2D eigenvalue weighted by atomic mass is 9.86. The van der Waals surface area contributed by atoms with Gasteiger partial charge in [0.25, 0.3) is 5.91 Å². The van der Waals surface area contributed by atoms with Crippen LogP contribution < -0.4 is 0 Å². The first kappa shape index (κ1) is 19.8. The molecule has 7 heteroatoms. The third-order valence-electron chi connectivity index (χ3n) is 6.91. The lowest BCUT2D eigenvalue weighted by Crippen LogP contribution is -2.55. The highest BCUT2D eigenvalue weighted by molar-refractivity contribution is 6.06. The molecule has 0 N–H and O–H groups in total. The van der Waals surface area contributed by atoms with Crippen molar-refractivity contribution in [2.24, 2.45) is 7.05 Å². The molecule has 3 amide bonds. The normalized spacial score (nSPS) is 19.2. The fourth-order valence-corrected chi connectivity index (χ4v) is 4.92. The van der Waals surface area contributed by atoms with Gasteiger partial charge < -0.3 is 9.47 Å². The molecule has 0 radical (unpaired) electrons. The monoisotopic (exact) mass is 417 g/mol. The first-order chi connectivity index (χ1) is 15.0. The van der Waals surface area contributed by atoms with Gasteiger partial charge in [-0.15, -0.1) is 0 Å². The van der Waals surface area contributed by atoms with Crippen molar-refractivity contribution in [1.29, 1.82) is 0 Å². The van der Waals surface area contributed by atoms with Crippen LogP contribution in [0.2, 0.25) is 0 Å². The number of aromatic nitrogens is 2. The number of nitrogens with zero attached hydrogens (tertiary/aromatic N) is 5. The first-order valence-corrected chi connectivity index (χ1v) is 10.8. The number of piperidine rings is 1. The van der Waals surface area contributed by atoms with E-state index in [1.807, 2.05) is 55.6 Å². The van der Waals surface area contributed by atoms with E-state index in [0.717, 1.165) is 42.1 Å². The Morgan fingerprint density at radius 1 is 0.903 bits per heavy atom. The number of fused-ring (bicyclic) bond motifs is 1. The summed E-state index contributed by atoms with van der Waals surface area (Å²) in [5, 5.41) is 0. The van der Waals surface area contributed by atoms with E-state index in [2.05, 4.69) is 15.5 Å². The third kappa shape index (κ3) is 3.20. The average Bonchev–Trinajstić information content (AvgIpc) is 3.20. The van der Waals surface area contributed by atoms with Crippen LogP contribution in [0.3, 0.4) is 0 Å². The number of hydrogen-bond acceptors (Lipinski definition) is 4. The fraction of sp³-hybridized carbons (Fsp3) is 0.375. The zero-order chi connectivity index (χ0) is 21.6. The van der Waals surface area contributed by atoms with Crippen molar-refractivity contribution in [3.8, 4) is 0 Å². The number of imidazole rings is 1. The minimum Gasteiger partial charge on any atom is -0.330 e. The van der Waals surface area contributed by atoms with Gasteiger partial charge in [0.15, 0.2) is 0 Å². The smallest absolute Gasteiger partial charge is 0.327 e. The number of benzene rings is 2. The highest BCUT2D eigenvalue weighted by Crippen LogP contribution is 2.37. The molecular weight excluding hydrogens is 390 g/mol. The summed E-state index contributed by atoms with van der Waals surface area (Å²) in [4.78, 5) is 36.5. The van der Waals surface area contributed by atoms with E-state index in [1.165, 1.54) is 4.90 Å². The second kappa shape index (κ2) is 7.50. The number of urea groups is 1. The molecule has 0 saturated carbocycles. The Morgan fingerprint density at radius 3 is 2.29 bits per heavy atom. The SMILES string of the molecule is CN1C(=O)N(Cc2ccccc2)C(=O)C12CCN(Cc1nc3ccccc3n1C)CC2. The van der Waals surface area contributed by atoms with Gasteiger partial charge >= 0.3 is 6.03 Å². The second-order valence-corrected chi connectivity index (χ2v) is 8.60. The summed E-state index contributed by atoms with van der Waals surface area (Å²) in [6.45, 7) is 2.58. The average molecular weight is 418 g/mol. The maximum Gasteiger partial charge on any atom is 0.327 e. The minimum absolute atomic E-state index is 0.0637. The summed E-state index contributed by atoms with van der Waals surface area (Å²) >= 11 is 0. The lowest BCUT2D eigenvalue weighted by molar-refractivity contribution is -0.135. The van der Waals surface area contributed by atoms with Gasteiger partial charge in [0.2, 0.25) is 0 Å². The molecule has 0 unspecified atom stereocenters. The van der Waals surface area contributed by atoms with Gasteiger partial charge in [0.1, 0.15) is 11.4 Å². The quantitative estimate of drug-likeness (QED) is 0.613. The van der Waals surface area contributed by atoms with E-state index >= 15 is 0 Å². The van der Waals surface area contributed by atoms with E-state index in [1.54, 1.807) is 11.9 Å². The molecule has 2 aliphatic rings. The highest BCUT2D eigenvalue weighted by Gasteiger charge is 2.56. The van der Waals surface area contributed by atoms with E-state index < -0.39 is 5.54 Å². The Hall–Kier alpha value is -3.19. The number of amides is 3. The van der Waals surface area contributed by atoms with Gasteiger partial charge in [-0.2, -0.15) is 0 Å². The van der Waals surface area contributed by atoms with E-state index in [0.29, 0.717) is 19.4 Å². The number of likely N-dealkylation sites (tertiary alicyclic amines) is 1. The van der Waals surface area contributed by atoms with Crippen molar-refractivity contribution < 1.29 is 9.59 Å². The predicted octanol–water partition coefficient (Wildman–Crippen LogP) is 3.00. The Labute approximate surface area is 181 Å². The molecule has 2 aromatic carbocycles. The maximum absolute atomic E-state index is 13.4. The zero-order valence-electron chi connectivity index (χ0n) is 18.0. The maximum atomic E-state index is 13.4. The molecule has 160 valence electrons. The Morgan fingerprint density at radius 2 is 1.58 bits per heavy atom. The van der Waals surface area contributed by atoms with Gasteiger partial charge in [0, 0.05) is 27.2 Å². The van der Waals surface area contributed by atoms with E-state index in [9.17, 15) is 9.59 Å². The number of hydrogen-bond donors (Lipinski definition) is 0. The molecule has 0 bridgehead atoms. The van der Waals surface area contributed by atoms with Crippen LogP contribution >= 0.6 is 0 Å². The number of likely N-dealkylation sites (N-methyl/N-ethyl adjacent to an activating group) is 1. The van der Waals surface area contributed by atoms with Crippen molar-refractivity contribution in [2.45, 2.75) is 31.5 Å². The zero-order valence-corrected chi connectivity index (χ0v) is 18.0. The molecule has 0 atom stereocenters. The molecule has 31 heavy (non-hydrogen) atoms. The minimum atomic E-state index is -0.727. The van der Waals surface area contributed by atoms with Crippen LogP contribution in [-0.2, 0) is 24.9 Å². The van der Waals surface area contributed by atoms with Crippen molar-refractivity contribution in [2.75, 3.05) is 20.1 Å². The Balaban J connectivity index is 1.30. The van der Waals surface area contributed by atoms with Crippen molar-refractivity contribution in [3.63, 3.8) is 0 Å². The number of para-hydroxylation sites is 2. The molecule has 3 aromatic rings. The lowest BCUT2D eigenvalue weighted by Gasteiger charge is -2.40. The molecular formula is C24H27N5O2. The van der Waals surface area contributed by atoms with Gasteiger partial charge in [-0.05, 0) is 30.5 Å². The van der Waals surface area contributed by atoms with Crippen LogP contribution in [0.15, 0.2) is 54.6 Å². The molecule has 1 spiro atoms. The van der Waals surface area contributed by atoms with Crippen molar-refractivity contribution in [3.05, 3.63) is 66.0 Å². The van der Waals surface area contributed by atoms with Gasteiger partial charge in [0.05, 0.1) is 24.1 Å². The van der Waals surface area contributed by atoms with Crippen LogP contribution in [0.5, 0.6) is 0 Å². The summed E-state index contributed by atoms with van der Waals surface area (Å²) in [5.41, 5.74) is 2.36. The molecule has 2 saturated heterocycles. The molecule has 2 fully saturated rings. The molecule has 7 nitrogen and oxygen atoms in total. The highest BCUT2D eigenvalue weighted by atomic mass is 16.2. The van der Waals surface area contributed by atoms with Crippen LogP contribution in [0.25, 0.3) is 11.0 Å². The number of rotatable bonds is 4. The van der Waals surface area contributed by atoms with E-state index in [-0.39, 0.29) is 11.9 Å². The standard InChI is InChI=1S/C24H27N5O2/c1-26-20-11-7-6-10-19(20)25-21(26)17-28-14-12-24(13-15-28)22(30)29(23(31)27(24)2)16-18-8-4-3-5-9-18/h3-11H,12-17H2,1-2H3. The van der Waals surface area contributed by atoms with Gasteiger partial charge in [-0.3, -0.25) is 14.6 Å². The summed E-state index contributed by atoms with van der Waals surface area (Å²) in [6, 6.07) is 17.6. The summed E-state index contributed by atoms with van der Waals surface area (Å²) in [7, 11) is 3.82. The number of aryl methyl sites for hydroxylation is 1. The summed E-state index contributed by atoms with van der Waals surface area (Å²) < 4.78 is 2.14. The molecule has 3 heterocycles. The first-order valence-electron chi connectivity index (χ1n) is 10.8. The van der Waals surface area contributed by atoms with Gasteiger partial charge in [-0.1, -0.05) is 42.5 Å². The van der Waals surface area contributed by atoms with Gasteiger partial charge in [-0.25, -0.2) is 9.78 Å². The summed E-state index contributed by atoms with van der Waals surface area (Å²) in [6.07, 6.45) is 1.28. The van der Waals surface area contributed by atoms with Crippen molar-refractivity contribution in [1.82, 2.24) is 24.3 Å². The van der Waals surface area contributed by atoms with Crippen LogP contribution in [0.4, 0.5) is 4.79 Å². The topological polar surface area (TPSA) is 61.7 Å². The summed E-state index contributed by atoms with van der Waals surface area (Å²) in [5.74, 6) is 0.955. The predicted molar refractivity (Wildman–Crippen MR) is 118 cm³/mol. The second-order valence-electron chi connectivity index (χ2n) is 8.60. The number of imide groups is 1. The van der Waals surface area contributed by atoms with E-state index in [4.69, 9.17) is 4.98 Å². The molecule has 5 rings (SSSR count). The Bertz CT molecular complexity index is 1130. The molecule has 0 aliphatic carbocycles. The Kier molecular flexibility index (Phi) is 4.78. The van der Waals surface area contributed by atoms with Crippen LogP contribution in [-0.4, -0.2) is 61.9 Å². The van der Waals surface area contributed by atoms with Crippen LogP contribution in [0.1, 0.15) is 24.2 Å². The largest absolute Gasteiger partial charge is 0.330 e. The fourth-order valence-electron chi connectivity index (χ4n) is 4.92. The van der Waals surface area contributed by atoms with Crippen molar-refractivity contribution >= 4 is 23.0 Å².